The molecule has 0 atom stereocenters. The van der Waals surface area contributed by atoms with Crippen LogP contribution in [0.2, 0.25) is 0 Å². The van der Waals surface area contributed by atoms with Gasteiger partial charge in [0, 0.05) is 42.1 Å². The number of furan rings is 1. The van der Waals surface area contributed by atoms with E-state index in [1.807, 2.05) is 29.5 Å². The summed E-state index contributed by atoms with van der Waals surface area (Å²) in [5.41, 5.74) is 9.89. The molecule has 11 aromatic rings. The van der Waals surface area contributed by atoms with Crippen LogP contribution in [-0.4, -0.2) is 9.97 Å². The van der Waals surface area contributed by atoms with E-state index in [1.165, 1.54) is 53.2 Å². The highest BCUT2D eigenvalue weighted by Crippen LogP contribution is 2.45. The molecule has 0 aliphatic carbocycles. The Bertz CT molecular complexity index is 3180. The van der Waals surface area contributed by atoms with Crippen molar-refractivity contribution in [3.63, 3.8) is 0 Å². The Morgan fingerprint density at radius 1 is 0.423 bits per heavy atom. The minimum atomic E-state index is 0.684. The first kappa shape index (κ1) is 29.1. The molecule has 11 rings (SSSR count). The van der Waals surface area contributed by atoms with E-state index in [0.717, 1.165) is 44.1 Å². The molecule has 52 heavy (non-hydrogen) atoms. The van der Waals surface area contributed by atoms with Gasteiger partial charge in [0.05, 0.1) is 0 Å². The van der Waals surface area contributed by atoms with Crippen molar-refractivity contribution >= 4 is 75.1 Å². The van der Waals surface area contributed by atoms with Gasteiger partial charge in [-0.3, -0.25) is 0 Å². The van der Waals surface area contributed by atoms with Gasteiger partial charge < -0.3 is 4.42 Å². The van der Waals surface area contributed by atoms with Gasteiger partial charge in [-0.2, -0.15) is 0 Å². The van der Waals surface area contributed by atoms with Gasteiger partial charge in [-0.1, -0.05) is 127 Å². The summed E-state index contributed by atoms with van der Waals surface area (Å²) in [7, 11) is 0. The summed E-state index contributed by atoms with van der Waals surface area (Å²) >= 11 is 1.85. The van der Waals surface area contributed by atoms with Crippen LogP contribution < -0.4 is 0 Å². The van der Waals surface area contributed by atoms with Crippen molar-refractivity contribution in [1.29, 1.82) is 0 Å². The van der Waals surface area contributed by atoms with Crippen molar-refractivity contribution in [2.45, 2.75) is 0 Å². The fourth-order valence-electron chi connectivity index (χ4n) is 7.70. The predicted octanol–water partition coefficient (Wildman–Crippen LogP) is 13.7. The number of aromatic nitrogens is 2. The smallest absolute Gasteiger partial charge is 0.180 e. The Morgan fingerprint density at radius 3 is 1.83 bits per heavy atom. The number of hydrogen-bond donors (Lipinski definition) is 0. The summed E-state index contributed by atoms with van der Waals surface area (Å²) in [4.78, 5) is 10.7. The summed E-state index contributed by atoms with van der Waals surface area (Å²) in [5, 5.41) is 8.10. The van der Waals surface area contributed by atoms with Crippen molar-refractivity contribution in [3.05, 3.63) is 170 Å². The van der Waals surface area contributed by atoms with E-state index < -0.39 is 0 Å². The van der Waals surface area contributed by atoms with Gasteiger partial charge in [-0.15, -0.1) is 11.3 Å². The van der Waals surface area contributed by atoms with Gasteiger partial charge in [0.25, 0.3) is 0 Å². The molecule has 0 spiro atoms. The van der Waals surface area contributed by atoms with Crippen LogP contribution in [-0.2, 0) is 0 Å². The summed E-state index contributed by atoms with van der Waals surface area (Å²) in [6, 6.07) is 60.3. The normalized spacial score (nSPS) is 11.8. The summed E-state index contributed by atoms with van der Waals surface area (Å²) in [5.74, 6) is 0.684. The lowest BCUT2D eigenvalue weighted by Gasteiger charge is -2.12. The molecule has 0 aliphatic heterocycles. The van der Waals surface area contributed by atoms with E-state index in [9.17, 15) is 0 Å². The fraction of sp³-hybridized carbons (Fsp3) is 0. The largest absolute Gasteiger partial charge is 0.452 e. The number of hydrogen-bond acceptors (Lipinski definition) is 4. The zero-order chi connectivity index (χ0) is 34.2. The maximum atomic E-state index is 6.56. The molecule has 242 valence electrons. The summed E-state index contributed by atoms with van der Waals surface area (Å²) in [6.07, 6.45) is 0. The maximum Gasteiger partial charge on any atom is 0.180 e. The van der Waals surface area contributed by atoms with E-state index in [0.29, 0.717) is 11.4 Å². The molecule has 3 nitrogen and oxygen atoms in total. The van der Waals surface area contributed by atoms with Crippen LogP contribution in [0.25, 0.3) is 109 Å². The number of para-hydroxylation sites is 1. The third-order valence-corrected chi connectivity index (χ3v) is 11.5. The summed E-state index contributed by atoms with van der Waals surface area (Å²) < 4.78 is 9.11. The Balaban J connectivity index is 1.18. The lowest BCUT2D eigenvalue weighted by atomic mass is 9.95. The molecule has 3 heterocycles. The molecular formula is C48H28N2OS. The van der Waals surface area contributed by atoms with Gasteiger partial charge in [-0.25, -0.2) is 9.97 Å². The first-order chi connectivity index (χ1) is 25.7. The molecule has 0 radical (unpaired) electrons. The first-order valence-corrected chi connectivity index (χ1v) is 18.3. The Hall–Kier alpha value is -6.62. The molecule has 0 aliphatic rings. The lowest BCUT2D eigenvalue weighted by Crippen LogP contribution is -1.95. The minimum absolute atomic E-state index is 0.684. The molecule has 0 amide bonds. The molecule has 0 saturated heterocycles. The highest BCUT2D eigenvalue weighted by molar-refractivity contribution is 7.26. The van der Waals surface area contributed by atoms with Crippen molar-refractivity contribution in [3.8, 4) is 44.9 Å². The van der Waals surface area contributed by atoms with E-state index in [-0.39, 0.29) is 0 Å². The van der Waals surface area contributed by atoms with Gasteiger partial charge in [-0.05, 0) is 80.9 Å². The van der Waals surface area contributed by atoms with Gasteiger partial charge >= 0.3 is 0 Å². The van der Waals surface area contributed by atoms with E-state index in [2.05, 4.69) is 152 Å². The molecule has 0 fully saturated rings. The molecule has 0 N–H and O–H groups in total. The fourth-order valence-corrected chi connectivity index (χ4v) is 8.92. The van der Waals surface area contributed by atoms with Crippen LogP contribution in [0.5, 0.6) is 0 Å². The standard InChI is InChI=1S/C48H28N2OS/c1-3-11-29(12-4-1)31-19-20-33-26-35(22-21-32(33)25-31)44-46-45(38-16-7-9-17-42(38)51-46)50-48(49-44)41-28-40-37-15-8-10-18-43(37)52-47(40)39-27-34(23-24-36(39)41)30-13-5-2-6-14-30/h1-28H. The van der Waals surface area contributed by atoms with Gasteiger partial charge in [0.2, 0.25) is 0 Å². The quantitative estimate of drug-likeness (QED) is 0.186. The topological polar surface area (TPSA) is 38.9 Å². The Kier molecular flexibility index (Phi) is 6.42. The zero-order valence-corrected chi connectivity index (χ0v) is 28.7. The van der Waals surface area contributed by atoms with Gasteiger partial charge in [0.15, 0.2) is 11.4 Å². The SMILES string of the molecule is c1ccc(-c2ccc3cc(-c4nc(-c5cc6c7ccccc7sc6c6cc(-c7ccccc7)ccc56)nc5c4oc4ccccc45)ccc3c2)cc1. The monoisotopic (exact) mass is 680 g/mol. The highest BCUT2D eigenvalue weighted by Gasteiger charge is 2.21. The number of rotatable bonds is 4. The van der Waals surface area contributed by atoms with E-state index >= 15 is 0 Å². The van der Waals surface area contributed by atoms with Gasteiger partial charge in [0.1, 0.15) is 16.8 Å². The van der Waals surface area contributed by atoms with Crippen LogP contribution in [0.1, 0.15) is 0 Å². The number of fused-ring (bicyclic) bond motifs is 9. The average molecular weight is 681 g/mol. The Labute approximate surface area is 303 Å². The molecule has 3 aromatic heterocycles. The van der Waals surface area contributed by atoms with Crippen LogP contribution in [0.3, 0.4) is 0 Å². The first-order valence-electron chi connectivity index (χ1n) is 17.5. The molecular weight excluding hydrogens is 653 g/mol. The van der Waals surface area contributed by atoms with Crippen LogP contribution in [0.4, 0.5) is 0 Å². The summed E-state index contributed by atoms with van der Waals surface area (Å²) in [6.45, 7) is 0. The number of benzene rings is 8. The molecule has 8 aromatic carbocycles. The second-order valence-electron chi connectivity index (χ2n) is 13.3. The average Bonchev–Trinajstić information content (AvgIpc) is 3.79. The second-order valence-corrected chi connectivity index (χ2v) is 14.4. The maximum absolute atomic E-state index is 6.56. The van der Waals surface area contributed by atoms with E-state index in [1.54, 1.807) is 0 Å². The van der Waals surface area contributed by atoms with Crippen molar-refractivity contribution < 1.29 is 4.42 Å². The molecule has 0 saturated carbocycles. The van der Waals surface area contributed by atoms with Crippen molar-refractivity contribution in [2.24, 2.45) is 0 Å². The minimum Gasteiger partial charge on any atom is -0.452 e. The van der Waals surface area contributed by atoms with Crippen LogP contribution in [0, 0.1) is 0 Å². The number of nitrogens with zero attached hydrogens (tertiary/aromatic N) is 2. The molecule has 0 unspecified atom stereocenters. The lowest BCUT2D eigenvalue weighted by molar-refractivity contribution is 0.667. The third kappa shape index (κ3) is 4.58. The van der Waals surface area contributed by atoms with Crippen molar-refractivity contribution in [1.82, 2.24) is 9.97 Å². The third-order valence-electron chi connectivity index (χ3n) is 10.3. The zero-order valence-electron chi connectivity index (χ0n) is 27.9. The molecule has 0 bridgehead atoms. The predicted molar refractivity (Wildman–Crippen MR) is 219 cm³/mol. The van der Waals surface area contributed by atoms with Crippen molar-refractivity contribution in [2.75, 3.05) is 0 Å². The second kappa shape index (κ2) is 11.5. The molecule has 4 heteroatoms. The van der Waals surface area contributed by atoms with Crippen LogP contribution in [0.15, 0.2) is 174 Å². The highest BCUT2D eigenvalue weighted by atomic mass is 32.1. The Morgan fingerprint density at radius 2 is 1.04 bits per heavy atom. The van der Waals surface area contributed by atoms with E-state index in [4.69, 9.17) is 14.4 Å². The number of thiophene rings is 1. The van der Waals surface area contributed by atoms with Crippen LogP contribution >= 0.6 is 11.3 Å².